The minimum absolute atomic E-state index is 0. The number of nitrogens with two attached hydrogens (primary N) is 1. The molecule has 0 aliphatic carbocycles. The number of ether oxygens (including phenoxy) is 1. The Morgan fingerprint density at radius 3 is 2.00 bits per heavy atom. The number of hydrogen-bond acceptors (Lipinski definition) is 6. The van der Waals surface area contributed by atoms with Crippen molar-refractivity contribution in [2.24, 2.45) is 11.8 Å². The molecule has 0 fully saturated rings. The molecule has 0 spiro atoms. The third-order valence-electron chi connectivity index (χ3n) is 5.90. The predicted octanol–water partition coefficient (Wildman–Crippen LogP) is 6.19. The van der Waals surface area contributed by atoms with Crippen molar-refractivity contribution in [1.29, 1.82) is 0 Å². The number of hydrazine groups is 1. The van der Waals surface area contributed by atoms with Gasteiger partial charge in [-0.2, -0.15) is 11.8 Å². The Hall–Kier alpha value is -2.26. The average Bonchev–Trinajstić information content (AvgIpc) is 2.81. The SMILES string of the molecule is C.CC[C@H](C)[C@@H](NC(=O)OC(C)(C)C)C(=O)N[C@@H](CSC/C=C(\C)CC/C=C(\C)CCC=C(C)C)C(=O)NN. The van der Waals surface area contributed by atoms with E-state index in [1.165, 1.54) is 28.5 Å². The largest absolute Gasteiger partial charge is 0.444 e. The lowest BCUT2D eigenvalue weighted by Gasteiger charge is -2.27. The van der Waals surface area contributed by atoms with Crippen molar-refractivity contribution in [3.63, 3.8) is 0 Å². The van der Waals surface area contributed by atoms with Crippen LogP contribution in [0.4, 0.5) is 4.79 Å². The highest BCUT2D eigenvalue weighted by Crippen LogP contribution is 2.14. The Morgan fingerprint density at radius 1 is 0.923 bits per heavy atom. The van der Waals surface area contributed by atoms with Gasteiger partial charge in [0.25, 0.3) is 5.91 Å². The van der Waals surface area contributed by atoms with Crippen LogP contribution in [0.3, 0.4) is 0 Å². The van der Waals surface area contributed by atoms with Gasteiger partial charge in [0.15, 0.2) is 0 Å². The normalized spacial score (nSPS) is 14.3. The number of thioether (sulfide) groups is 1. The van der Waals surface area contributed by atoms with Crippen molar-refractivity contribution in [2.75, 3.05) is 11.5 Å². The Labute approximate surface area is 242 Å². The number of amides is 3. The van der Waals surface area contributed by atoms with Gasteiger partial charge in [-0.3, -0.25) is 15.0 Å². The van der Waals surface area contributed by atoms with Crippen LogP contribution >= 0.6 is 11.8 Å². The molecule has 3 atom stereocenters. The lowest BCUT2D eigenvalue weighted by molar-refractivity contribution is -0.130. The van der Waals surface area contributed by atoms with Gasteiger partial charge in [0, 0.05) is 11.5 Å². The first-order valence-electron chi connectivity index (χ1n) is 13.5. The predicted molar refractivity (Wildman–Crippen MR) is 166 cm³/mol. The Kier molecular flexibility index (Phi) is 20.6. The van der Waals surface area contributed by atoms with Gasteiger partial charge in [-0.15, -0.1) is 0 Å². The van der Waals surface area contributed by atoms with Crippen LogP contribution in [0.5, 0.6) is 0 Å². The molecule has 0 aromatic rings. The first kappa shape index (κ1) is 38.9. The molecule has 0 heterocycles. The third-order valence-corrected chi connectivity index (χ3v) is 6.87. The van der Waals surface area contributed by atoms with Gasteiger partial charge in [-0.05, 0) is 80.1 Å². The van der Waals surface area contributed by atoms with Crippen LogP contribution in [0.2, 0.25) is 0 Å². The topological polar surface area (TPSA) is 123 Å². The molecule has 0 saturated carbocycles. The van der Waals surface area contributed by atoms with Crippen molar-refractivity contribution < 1.29 is 19.1 Å². The zero-order chi connectivity index (χ0) is 29.3. The summed E-state index contributed by atoms with van der Waals surface area (Å²) in [7, 11) is 0. The van der Waals surface area contributed by atoms with E-state index in [0.29, 0.717) is 17.9 Å². The molecule has 0 saturated heterocycles. The van der Waals surface area contributed by atoms with Crippen LogP contribution in [-0.2, 0) is 14.3 Å². The highest BCUT2D eigenvalue weighted by atomic mass is 32.2. The van der Waals surface area contributed by atoms with Crippen molar-refractivity contribution in [3.05, 3.63) is 34.9 Å². The molecule has 9 heteroatoms. The summed E-state index contributed by atoms with van der Waals surface area (Å²) in [6.07, 6.45) is 10.9. The molecule has 226 valence electrons. The van der Waals surface area contributed by atoms with Gasteiger partial charge in [-0.25, -0.2) is 10.6 Å². The van der Waals surface area contributed by atoms with E-state index in [1.54, 1.807) is 20.8 Å². The molecule has 0 aromatic heterocycles. The van der Waals surface area contributed by atoms with Gasteiger partial charge >= 0.3 is 6.09 Å². The quantitative estimate of drug-likeness (QED) is 0.0579. The number of nitrogens with one attached hydrogen (secondary N) is 3. The molecule has 8 nitrogen and oxygen atoms in total. The van der Waals surface area contributed by atoms with Crippen LogP contribution in [0, 0.1) is 5.92 Å². The van der Waals surface area contributed by atoms with E-state index in [0.717, 1.165) is 25.7 Å². The maximum absolute atomic E-state index is 13.1. The van der Waals surface area contributed by atoms with Crippen LogP contribution < -0.4 is 21.9 Å². The number of rotatable bonds is 16. The van der Waals surface area contributed by atoms with E-state index in [2.05, 4.69) is 62.0 Å². The molecule has 0 unspecified atom stereocenters. The number of carbonyl (C=O) groups excluding carboxylic acids is 3. The smallest absolute Gasteiger partial charge is 0.408 e. The van der Waals surface area contributed by atoms with Gasteiger partial charge in [0.2, 0.25) is 5.91 Å². The second-order valence-corrected chi connectivity index (χ2v) is 12.2. The minimum atomic E-state index is -0.839. The number of allylic oxidation sites excluding steroid dienone is 5. The molecular formula is C30H56N4O4S. The molecule has 39 heavy (non-hydrogen) atoms. The fraction of sp³-hybridized carbons (Fsp3) is 0.700. The molecule has 3 amide bonds. The number of alkyl carbamates (subject to hydrolysis) is 1. The van der Waals surface area contributed by atoms with Crippen LogP contribution in [-0.4, -0.2) is 47.1 Å². The maximum atomic E-state index is 13.1. The summed E-state index contributed by atoms with van der Waals surface area (Å²) in [6.45, 7) is 17.6. The Morgan fingerprint density at radius 2 is 1.49 bits per heavy atom. The average molecular weight is 569 g/mol. The summed E-state index contributed by atoms with van der Waals surface area (Å²) in [5.74, 6) is 5.34. The standard InChI is InChI=1S/C29H52N4O4S.CH4/c1-10-23(6)25(32-28(36)37-29(7,8)9)27(35)31-24(26(34)33-30)19-38-18-17-22(5)16-12-15-21(4)14-11-13-20(2)3;/h13,15,17,23-25H,10-12,14,16,18-19,30H2,1-9H3,(H,31,35)(H,32,36)(H,33,34);1H4/b21-15+,22-17+;/t23-,24-,25+;/m0./s1. The second-order valence-electron chi connectivity index (χ2n) is 11.1. The van der Waals surface area contributed by atoms with Gasteiger partial charge in [-0.1, -0.05) is 62.6 Å². The molecule has 0 radical (unpaired) electrons. The molecule has 0 aromatic carbocycles. The van der Waals surface area contributed by atoms with Gasteiger partial charge in [0.1, 0.15) is 17.7 Å². The minimum Gasteiger partial charge on any atom is -0.444 e. The van der Waals surface area contributed by atoms with E-state index >= 15 is 0 Å². The van der Waals surface area contributed by atoms with E-state index in [9.17, 15) is 14.4 Å². The first-order chi connectivity index (χ1) is 17.7. The summed E-state index contributed by atoms with van der Waals surface area (Å²) in [4.78, 5) is 37.7. The lowest BCUT2D eigenvalue weighted by Crippen LogP contribution is -2.57. The summed E-state index contributed by atoms with van der Waals surface area (Å²) in [6, 6.07) is -1.67. The van der Waals surface area contributed by atoms with Crippen molar-refractivity contribution in [3.8, 4) is 0 Å². The molecule has 0 bridgehead atoms. The summed E-state index contributed by atoms with van der Waals surface area (Å²) in [5, 5.41) is 5.41. The molecule has 0 aliphatic rings. The van der Waals surface area contributed by atoms with Crippen LogP contribution in [0.15, 0.2) is 34.9 Å². The van der Waals surface area contributed by atoms with Crippen LogP contribution in [0.25, 0.3) is 0 Å². The van der Waals surface area contributed by atoms with Gasteiger partial charge < -0.3 is 15.4 Å². The van der Waals surface area contributed by atoms with Crippen molar-refractivity contribution in [2.45, 2.75) is 120 Å². The van der Waals surface area contributed by atoms with E-state index in [4.69, 9.17) is 10.6 Å². The van der Waals surface area contributed by atoms with Gasteiger partial charge in [0.05, 0.1) is 0 Å². The highest BCUT2D eigenvalue weighted by molar-refractivity contribution is 7.99. The van der Waals surface area contributed by atoms with E-state index in [1.807, 2.05) is 13.8 Å². The number of hydrogen-bond donors (Lipinski definition) is 4. The fourth-order valence-corrected chi connectivity index (χ4v) is 4.42. The summed E-state index contributed by atoms with van der Waals surface area (Å²) >= 11 is 1.54. The Bertz CT molecular complexity index is 842. The second kappa shape index (κ2) is 20.6. The Balaban J connectivity index is 0. The van der Waals surface area contributed by atoms with Crippen molar-refractivity contribution >= 4 is 29.7 Å². The van der Waals surface area contributed by atoms with Crippen LogP contribution in [0.1, 0.15) is 102 Å². The maximum Gasteiger partial charge on any atom is 0.408 e. The molecule has 0 rings (SSSR count). The van der Waals surface area contributed by atoms with E-state index in [-0.39, 0.29) is 13.3 Å². The summed E-state index contributed by atoms with van der Waals surface area (Å²) < 4.78 is 5.31. The first-order valence-corrected chi connectivity index (χ1v) is 14.7. The van der Waals surface area contributed by atoms with E-state index < -0.39 is 35.6 Å². The zero-order valence-corrected chi connectivity index (χ0v) is 25.8. The highest BCUT2D eigenvalue weighted by Gasteiger charge is 2.31. The zero-order valence-electron chi connectivity index (χ0n) is 25.0. The lowest BCUT2D eigenvalue weighted by atomic mass is 9.98. The van der Waals surface area contributed by atoms with Crippen molar-refractivity contribution in [1.82, 2.24) is 16.1 Å². The molecule has 0 aliphatic heterocycles. The number of carbonyl (C=O) groups is 3. The fourth-order valence-electron chi connectivity index (χ4n) is 3.41. The monoisotopic (exact) mass is 568 g/mol. The molecule has 5 N–H and O–H groups in total. The third kappa shape index (κ3) is 19.4. The summed E-state index contributed by atoms with van der Waals surface area (Å²) in [5.41, 5.74) is 5.49. The molecular weight excluding hydrogens is 512 g/mol.